The second-order valence-electron chi connectivity index (χ2n) is 8.78. The Kier molecular flexibility index (Phi) is 7.07. The Morgan fingerprint density at radius 3 is 2.45 bits per heavy atom. The minimum Gasteiger partial charge on any atom is -0.369 e. The Hall–Kier alpha value is -2.60. The molecule has 0 atom stereocenters. The van der Waals surface area contributed by atoms with Crippen LogP contribution in [-0.4, -0.2) is 57.1 Å². The van der Waals surface area contributed by atoms with E-state index in [9.17, 15) is 9.18 Å². The highest BCUT2D eigenvalue weighted by Crippen LogP contribution is 2.27. The van der Waals surface area contributed by atoms with Crippen LogP contribution in [0.15, 0.2) is 42.5 Å². The fourth-order valence-corrected chi connectivity index (χ4v) is 4.82. The molecular weight excluding hydrogens is 391 g/mol. The summed E-state index contributed by atoms with van der Waals surface area (Å²) in [5.41, 5.74) is 4.37. The van der Waals surface area contributed by atoms with Gasteiger partial charge in [0.1, 0.15) is 5.82 Å². The summed E-state index contributed by atoms with van der Waals surface area (Å²) in [6.07, 6.45) is 3.00. The van der Waals surface area contributed by atoms with Gasteiger partial charge in [-0.1, -0.05) is 18.2 Å². The minimum atomic E-state index is -0.113. The number of hydrogen-bond acceptors (Lipinski definition) is 4. The van der Waals surface area contributed by atoms with Crippen molar-refractivity contribution in [3.8, 4) is 0 Å². The Bertz CT molecular complexity index is 874. The molecule has 6 heteroatoms. The third-order valence-electron chi connectivity index (χ3n) is 6.77. The second-order valence-corrected chi connectivity index (χ2v) is 8.78. The van der Waals surface area contributed by atoms with Gasteiger partial charge in [0.05, 0.1) is 5.69 Å². The van der Waals surface area contributed by atoms with Gasteiger partial charge in [0, 0.05) is 58.0 Å². The quantitative estimate of drug-likeness (QED) is 0.692. The summed E-state index contributed by atoms with van der Waals surface area (Å²) in [5, 5.41) is 2.77. The first-order valence-electron chi connectivity index (χ1n) is 11.4. The minimum absolute atomic E-state index is 0.113. The lowest BCUT2D eigenvalue weighted by atomic mass is 9.95. The SMILES string of the molecule is Cc1ccc(N2CCN(CC3CCN(c4ccccc4F)CC3)CC2)cc1CNC=O. The number of carbonyl (C=O) groups excluding carboxylic acids is 1. The number of piperidine rings is 1. The summed E-state index contributed by atoms with van der Waals surface area (Å²) in [5.74, 6) is 0.577. The van der Waals surface area contributed by atoms with E-state index in [1.54, 1.807) is 12.1 Å². The number of benzene rings is 2. The summed E-state index contributed by atoms with van der Waals surface area (Å²) < 4.78 is 14.1. The maximum atomic E-state index is 14.1. The van der Waals surface area contributed by atoms with E-state index in [4.69, 9.17) is 0 Å². The monoisotopic (exact) mass is 424 g/mol. The van der Waals surface area contributed by atoms with Crippen LogP contribution in [-0.2, 0) is 11.3 Å². The van der Waals surface area contributed by atoms with Crippen molar-refractivity contribution in [3.05, 3.63) is 59.4 Å². The molecule has 1 amide bonds. The molecule has 2 aliphatic heterocycles. The second kappa shape index (κ2) is 10.1. The van der Waals surface area contributed by atoms with Gasteiger partial charge in [-0.2, -0.15) is 0 Å². The van der Waals surface area contributed by atoms with Gasteiger partial charge in [-0.05, 0) is 61.1 Å². The molecule has 2 aromatic carbocycles. The number of halogens is 1. The van der Waals surface area contributed by atoms with Gasteiger partial charge in [-0.15, -0.1) is 0 Å². The first-order chi connectivity index (χ1) is 15.1. The van der Waals surface area contributed by atoms with Crippen molar-refractivity contribution in [3.63, 3.8) is 0 Å². The smallest absolute Gasteiger partial charge is 0.207 e. The zero-order chi connectivity index (χ0) is 21.6. The van der Waals surface area contributed by atoms with E-state index in [0.717, 1.165) is 70.8 Å². The van der Waals surface area contributed by atoms with E-state index in [-0.39, 0.29) is 5.82 Å². The van der Waals surface area contributed by atoms with Gasteiger partial charge in [0.2, 0.25) is 6.41 Å². The number of aryl methyl sites for hydroxylation is 1. The molecule has 2 aliphatic rings. The predicted molar refractivity (Wildman–Crippen MR) is 124 cm³/mol. The summed E-state index contributed by atoms with van der Waals surface area (Å²) in [6.45, 7) is 9.87. The van der Waals surface area contributed by atoms with Crippen LogP contribution in [0.1, 0.15) is 24.0 Å². The molecule has 0 aliphatic carbocycles. The lowest BCUT2D eigenvalue weighted by Crippen LogP contribution is -2.49. The number of piperazine rings is 1. The summed E-state index contributed by atoms with van der Waals surface area (Å²) in [6, 6.07) is 13.7. The number of carbonyl (C=O) groups is 1. The Morgan fingerprint density at radius 1 is 1.00 bits per heavy atom. The van der Waals surface area contributed by atoms with Gasteiger partial charge < -0.3 is 15.1 Å². The molecule has 1 N–H and O–H groups in total. The maximum Gasteiger partial charge on any atom is 0.207 e. The van der Waals surface area contributed by atoms with Crippen LogP contribution < -0.4 is 15.1 Å². The summed E-state index contributed by atoms with van der Waals surface area (Å²) in [7, 11) is 0. The van der Waals surface area contributed by atoms with Gasteiger partial charge in [0.25, 0.3) is 0 Å². The van der Waals surface area contributed by atoms with Crippen LogP contribution in [0.3, 0.4) is 0 Å². The van der Waals surface area contributed by atoms with E-state index in [0.29, 0.717) is 12.5 Å². The lowest BCUT2D eigenvalue weighted by Gasteiger charge is -2.40. The van der Waals surface area contributed by atoms with E-state index in [1.165, 1.54) is 16.8 Å². The molecule has 0 unspecified atom stereocenters. The molecule has 0 saturated carbocycles. The molecule has 0 aromatic heterocycles. The van der Waals surface area contributed by atoms with Crippen molar-refractivity contribution in [2.24, 2.45) is 5.92 Å². The van der Waals surface area contributed by atoms with E-state index in [2.05, 4.69) is 45.1 Å². The molecule has 0 spiro atoms. The molecular formula is C25H33FN4O. The molecule has 2 fully saturated rings. The van der Waals surface area contributed by atoms with Gasteiger partial charge >= 0.3 is 0 Å². The van der Waals surface area contributed by atoms with Crippen molar-refractivity contribution >= 4 is 17.8 Å². The van der Waals surface area contributed by atoms with Gasteiger partial charge in [-0.25, -0.2) is 4.39 Å². The van der Waals surface area contributed by atoms with Crippen LogP contribution >= 0.6 is 0 Å². The van der Waals surface area contributed by atoms with E-state index >= 15 is 0 Å². The largest absolute Gasteiger partial charge is 0.369 e. The Labute approximate surface area is 184 Å². The average molecular weight is 425 g/mol. The lowest BCUT2D eigenvalue weighted by molar-refractivity contribution is -0.109. The molecule has 2 aromatic rings. The topological polar surface area (TPSA) is 38.8 Å². The van der Waals surface area contributed by atoms with E-state index < -0.39 is 0 Å². The molecule has 166 valence electrons. The molecule has 5 nitrogen and oxygen atoms in total. The Balaban J connectivity index is 1.25. The number of amides is 1. The van der Waals surface area contributed by atoms with E-state index in [1.807, 2.05) is 12.1 Å². The fraction of sp³-hybridized carbons (Fsp3) is 0.480. The summed E-state index contributed by atoms with van der Waals surface area (Å²) in [4.78, 5) is 17.9. The number of rotatable bonds is 7. The molecule has 31 heavy (non-hydrogen) atoms. The molecule has 2 saturated heterocycles. The summed E-state index contributed by atoms with van der Waals surface area (Å²) >= 11 is 0. The zero-order valence-corrected chi connectivity index (χ0v) is 18.4. The first-order valence-corrected chi connectivity index (χ1v) is 11.4. The highest BCUT2D eigenvalue weighted by molar-refractivity contribution is 5.53. The maximum absolute atomic E-state index is 14.1. The number of nitrogens with zero attached hydrogens (tertiary/aromatic N) is 3. The number of para-hydroxylation sites is 1. The van der Waals surface area contributed by atoms with Crippen molar-refractivity contribution in [2.75, 3.05) is 55.6 Å². The van der Waals surface area contributed by atoms with Crippen LogP contribution in [0, 0.1) is 18.7 Å². The van der Waals surface area contributed by atoms with Crippen LogP contribution in [0.2, 0.25) is 0 Å². The van der Waals surface area contributed by atoms with Crippen molar-refractivity contribution in [2.45, 2.75) is 26.3 Å². The first kappa shape index (κ1) is 21.6. The number of anilines is 2. The van der Waals surface area contributed by atoms with Crippen molar-refractivity contribution in [1.29, 1.82) is 0 Å². The zero-order valence-electron chi connectivity index (χ0n) is 18.4. The highest BCUT2D eigenvalue weighted by atomic mass is 19.1. The Morgan fingerprint density at radius 2 is 1.74 bits per heavy atom. The predicted octanol–water partition coefficient (Wildman–Crippen LogP) is 3.42. The molecule has 0 bridgehead atoms. The van der Waals surface area contributed by atoms with Crippen molar-refractivity contribution < 1.29 is 9.18 Å². The van der Waals surface area contributed by atoms with Crippen molar-refractivity contribution in [1.82, 2.24) is 10.2 Å². The standard InChI is InChI=1S/C25H33FN4O/c1-20-6-7-23(16-22(20)17-27-19-31)29-14-12-28(13-15-29)18-21-8-10-30(11-9-21)25-5-3-2-4-24(25)26/h2-7,16,19,21H,8-15,17-18H2,1H3,(H,27,31). The fourth-order valence-electron chi connectivity index (χ4n) is 4.82. The number of hydrogen-bond donors (Lipinski definition) is 1. The van der Waals surface area contributed by atoms with Crippen LogP contribution in [0.4, 0.5) is 15.8 Å². The number of nitrogens with one attached hydrogen (secondary N) is 1. The third-order valence-corrected chi connectivity index (χ3v) is 6.77. The van der Waals surface area contributed by atoms with Gasteiger partial charge in [-0.3, -0.25) is 9.69 Å². The molecule has 4 rings (SSSR count). The third kappa shape index (κ3) is 5.37. The normalized spacial score (nSPS) is 18.3. The molecule has 0 radical (unpaired) electrons. The molecule has 2 heterocycles. The van der Waals surface area contributed by atoms with Gasteiger partial charge in [0.15, 0.2) is 0 Å². The average Bonchev–Trinajstić information content (AvgIpc) is 2.80. The van der Waals surface area contributed by atoms with Crippen LogP contribution in [0.5, 0.6) is 0 Å². The van der Waals surface area contributed by atoms with Crippen LogP contribution in [0.25, 0.3) is 0 Å². The highest BCUT2D eigenvalue weighted by Gasteiger charge is 2.25.